The van der Waals surface area contributed by atoms with Gasteiger partial charge in [0.05, 0.1) is 13.2 Å². The first-order valence-electron chi connectivity index (χ1n) is 6.43. The molecule has 2 atom stereocenters. The highest BCUT2D eigenvalue weighted by atomic mass is 16.5. The van der Waals surface area contributed by atoms with Gasteiger partial charge in [0.2, 0.25) is 0 Å². The van der Waals surface area contributed by atoms with Crippen LogP contribution in [0, 0.1) is 5.92 Å². The summed E-state index contributed by atoms with van der Waals surface area (Å²) in [5, 5.41) is 0. The van der Waals surface area contributed by atoms with E-state index in [1.807, 2.05) is 0 Å². The number of morpholine rings is 1. The van der Waals surface area contributed by atoms with Crippen molar-refractivity contribution in [3.05, 3.63) is 0 Å². The molecule has 2 aliphatic rings. The van der Waals surface area contributed by atoms with Crippen molar-refractivity contribution in [2.75, 3.05) is 32.8 Å². The molecule has 2 unspecified atom stereocenters. The third-order valence-electron chi connectivity index (χ3n) is 3.91. The fourth-order valence-corrected chi connectivity index (χ4v) is 3.12. The Morgan fingerprint density at radius 3 is 2.73 bits per heavy atom. The summed E-state index contributed by atoms with van der Waals surface area (Å²) in [7, 11) is 0. The largest absolute Gasteiger partial charge is 0.379 e. The Balaban J connectivity index is 1.82. The topological polar surface area (TPSA) is 38.5 Å². The summed E-state index contributed by atoms with van der Waals surface area (Å²) in [6.07, 6.45) is 6.76. The van der Waals surface area contributed by atoms with Crippen LogP contribution in [0.5, 0.6) is 0 Å². The number of ether oxygens (including phenoxy) is 1. The second kappa shape index (κ2) is 5.83. The lowest BCUT2D eigenvalue weighted by atomic mass is 9.96. The van der Waals surface area contributed by atoms with Crippen LogP contribution < -0.4 is 5.73 Å². The fourth-order valence-electron chi connectivity index (χ4n) is 3.12. The minimum atomic E-state index is 0.834. The molecule has 0 spiro atoms. The van der Waals surface area contributed by atoms with E-state index in [9.17, 15) is 0 Å². The van der Waals surface area contributed by atoms with Gasteiger partial charge < -0.3 is 10.5 Å². The summed E-state index contributed by atoms with van der Waals surface area (Å²) in [5.41, 5.74) is 5.60. The molecule has 1 saturated heterocycles. The standard InChI is InChI=1S/C12H24N2O/c13-6-2-4-11-3-1-5-12(11)14-7-9-15-10-8-14/h11-12H,1-10,13H2. The van der Waals surface area contributed by atoms with Crippen LogP contribution in [0.25, 0.3) is 0 Å². The Bertz CT molecular complexity index is 180. The molecule has 88 valence electrons. The smallest absolute Gasteiger partial charge is 0.0594 e. The molecule has 0 bridgehead atoms. The monoisotopic (exact) mass is 212 g/mol. The Hall–Kier alpha value is -0.120. The maximum absolute atomic E-state index is 5.60. The van der Waals surface area contributed by atoms with Crippen molar-refractivity contribution in [3.8, 4) is 0 Å². The Kier molecular flexibility index (Phi) is 4.42. The SMILES string of the molecule is NCCCC1CCCC1N1CCOCC1. The number of rotatable bonds is 4. The van der Waals surface area contributed by atoms with Gasteiger partial charge in [0.1, 0.15) is 0 Å². The third-order valence-corrected chi connectivity index (χ3v) is 3.91. The average Bonchev–Trinajstić information content (AvgIpc) is 2.75. The van der Waals surface area contributed by atoms with Gasteiger partial charge in [0.15, 0.2) is 0 Å². The molecule has 0 radical (unpaired) electrons. The minimum Gasteiger partial charge on any atom is -0.379 e. The van der Waals surface area contributed by atoms with E-state index in [1.165, 1.54) is 32.1 Å². The molecule has 3 heteroatoms. The highest BCUT2D eigenvalue weighted by Crippen LogP contribution is 2.33. The van der Waals surface area contributed by atoms with E-state index in [-0.39, 0.29) is 0 Å². The summed E-state index contributed by atoms with van der Waals surface area (Å²) in [6, 6.07) is 0.834. The lowest BCUT2D eigenvalue weighted by molar-refractivity contribution is 0.00731. The zero-order chi connectivity index (χ0) is 10.5. The highest BCUT2D eigenvalue weighted by molar-refractivity contribution is 4.86. The molecule has 3 nitrogen and oxygen atoms in total. The second-order valence-electron chi connectivity index (χ2n) is 4.84. The Morgan fingerprint density at radius 1 is 1.20 bits per heavy atom. The molecular weight excluding hydrogens is 188 g/mol. The first kappa shape index (κ1) is 11.4. The van der Waals surface area contributed by atoms with Crippen molar-refractivity contribution in [2.24, 2.45) is 11.7 Å². The zero-order valence-corrected chi connectivity index (χ0v) is 9.66. The van der Waals surface area contributed by atoms with E-state index in [1.54, 1.807) is 0 Å². The quantitative estimate of drug-likeness (QED) is 0.761. The van der Waals surface area contributed by atoms with Crippen molar-refractivity contribution in [2.45, 2.75) is 38.1 Å². The summed E-state index contributed by atoms with van der Waals surface area (Å²) in [5.74, 6) is 0.909. The van der Waals surface area contributed by atoms with Crippen LogP contribution in [0.15, 0.2) is 0 Å². The van der Waals surface area contributed by atoms with Crippen LogP contribution in [-0.4, -0.2) is 43.8 Å². The zero-order valence-electron chi connectivity index (χ0n) is 9.66. The fraction of sp³-hybridized carbons (Fsp3) is 1.00. The highest BCUT2D eigenvalue weighted by Gasteiger charge is 2.32. The Labute approximate surface area is 93.0 Å². The molecule has 0 aromatic heterocycles. The first-order valence-corrected chi connectivity index (χ1v) is 6.43. The molecule has 2 fully saturated rings. The number of nitrogens with zero attached hydrogens (tertiary/aromatic N) is 1. The van der Waals surface area contributed by atoms with Crippen LogP contribution in [0.3, 0.4) is 0 Å². The van der Waals surface area contributed by atoms with E-state index >= 15 is 0 Å². The maximum Gasteiger partial charge on any atom is 0.0594 e. The molecule has 0 amide bonds. The predicted octanol–water partition coefficient (Wildman–Crippen LogP) is 1.23. The maximum atomic E-state index is 5.60. The first-order chi connectivity index (χ1) is 7.42. The third kappa shape index (κ3) is 2.92. The van der Waals surface area contributed by atoms with Gasteiger partial charge in [0.25, 0.3) is 0 Å². The van der Waals surface area contributed by atoms with E-state index < -0.39 is 0 Å². The molecule has 0 aromatic rings. The van der Waals surface area contributed by atoms with Gasteiger partial charge in [-0.1, -0.05) is 6.42 Å². The van der Waals surface area contributed by atoms with E-state index in [0.29, 0.717) is 0 Å². The summed E-state index contributed by atoms with van der Waals surface area (Å²) >= 11 is 0. The van der Waals surface area contributed by atoms with Crippen molar-refractivity contribution in [1.82, 2.24) is 4.90 Å². The van der Waals surface area contributed by atoms with Crippen molar-refractivity contribution in [3.63, 3.8) is 0 Å². The lowest BCUT2D eigenvalue weighted by Crippen LogP contribution is -2.45. The molecule has 15 heavy (non-hydrogen) atoms. The summed E-state index contributed by atoms with van der Waals surface area (Å²) in [6.45, 7) is 5.00. The van der Waals surface area contributed by atoms with Gasteiger partial charge >= 0.3 is 0 Å². The average molecular weight is 212 g/mol. The predicted molar refractivity (Wildman–Crippen MR) is 61.8 cm³/mol. The van der Waals surface area contributed by atoms with Gasteiger partial charge in [-0.05, 0) is 38.1 Å². The van der Waals surface area contributed by atoms with Crippen LogP contribution in [-0.2, 0) is 4.74 Å². The van der Waals surface area contributed by atoms with Crippen LogP contribution in [0.2, 0.25) is 0 Å². The van der Waals surface area contributed by atoms with Gasteiger partial charge in [0, 0.05) is 19.1 Å². The number of hydrogen-bond acceptors (Lipinski definition) is 3. The van der Waals surface area contributed by atoms with Gasteiger partial charge in [-0.3, -0.25) is 4.90 Å². The minimum absolute atomic E-state index is 0.834. The van der Waals surface area contributed by atoms with Gasteiger partial charge in [-0.25, -0.2) is 0 Å². The van der Waals surface area contributed by atoms with Gasteiger partial charge in [-0.2, -0.15) is 0 Å². The number of nitrogens with two attached hydrogens (primary N) is 1. The van der Waals surface area contributed by atoms with Crippen molar-refractivity contribution >= 4 is 0 Å². The Morgan fingerprint density at radius 2 is 2.00 bits per heavy atom. The molecule has 1 aliphatic carbocycles. The van der Waals surface area contributed by atoms with Crippen molar-refractivity contribution < 1.29 is 4.74 Å². The van der Waals surface area contributed by atoms with Crippen LogP contribution >= 0.6 is 0 Å². The van der Waals surface area contributed by atoms with E-state index in [2.05, 4.69) is 4.90 Å². The van der Waals surface area contributed by atoms with Crippen LogP contribution in [0.4, 0.5) is 0 Å². The second-order valence-corrected chi connectivity index (χ2v) is 4.84. The van der Waals surface area contributed by atoms with Crippen LogP contribution in [0.1, 0.15) is 32.1 Å². The number of hydrogen-bond donors (Lipinski definition) is 1. The molecule has 1 saturated carbocycles. The molecule has 2 N–H and O–H groups in total. The molecule has 2 rings (SSSR count). The summed E-state index contributed by atoms with van der Waals surface area (Å²) in [4.78, 5) is 2.65. The van der Waals surface area contributed by atoms with Gasteiger partial charge in [-0.15, -0.1) is 0 Å². The molecule has 1 heterocycles. The van der Waals surface area contributed by atoms with Crippen molar-refractivity contribution in [1.29, 1.82) is 0 Å². The lowest BCUT2D eigenvalue weighted by Gasteiger charge is -2.35. The van der Waals surface area contributed by atoms with E-state index in [4.69, 9.17) is 10.5 Å². The molecule has 0 aromatic carbocycles. The normalized spacial score (nSPS) is 33.4. The van der Waals surface area contributed by atoms with E-state index in [0.717, 1.165) is 44.8 Å². The molecule has 1 aliphatic heterocycles. The molecular formula is C12H24N2O. The summed E-state index contributed by atoms with van der Waals surface area (Å²) < 4.78 is 5.41.